The van der Waals surface area contributed by atoms with Crippen LogP contribution in [0.1, 0.15) is 47.0 Å². The summed E-state index contributed by atoms with van der Waals surface area (Å²) in [6.07, 6.45) is 3.38. The smallest absolute Gasteiger partial charge is 0.130 e. The van der Waals surface area contributed by atoms with E-state index in [1.54, 1.807) is 0 Å². The Bertz CT molecular complexity index is 648. The number of benzene rings is 1. The molecule has 0 saturated heterocycles. The van der Waals surface area contributed by atoms with Crippen LogP contribution < -0.4 is 0 Å². The third-order valence-corrected chi connectivity index (χ3v) is 3.69. The van der Waals surface area contributed by atoms with E-state index in [2.05, 4.69) is 42.0 Å². The molecule has 0 aliphatic heterocycles. The number of aryl methyl sites for hydroxylation is 2. The molecule has 0 amide bonds. The van der Waals surface area contributed by atoms with Crippen molar-refractivity contribution in [3.05, 3.63) is 57.1 Å². The van der Waals surface area contributed by atoms with Gasteiger partial charge in [-0.1, -0.05) is 41.5 Å². The van der Waals surface area contributed by atoms with Gasteiger partial charge in [0.2, 0.25) is 0 Å². The van der Waals surface area contributed by atoms with Gasteiger partial charge in [-0.15, -0.1) is 0 Å². The van der Waals surface area contributed by atoms with E-state index in [9.17, 15) is 0 Å². The highest BCUT2D eigenvalue weighted by atomic mass is 32.1. The largest absolute Gasteiger partial charge is 0.347 e. The molecule has 2 aromatic rings. The van der Waals surface area contributed by atoms with Crippen LogP contribution in [0.15, 0.2) is 24.3 Å². The van der Waals surface area contributed by atoms with Crippen LogP contribution in [0.3, 0.4) is 0 Å². The lowest BCUT2D eigenvalue weighted by atomic mass is 10.0. The van der Waals surface area contributed by atoms with Crippen LogP contribution in [0.2, 0.25) is 0 Å². The molecule has 0 radical (unpaired) electrons. The summed E-state index contributed by atoms with van der Waals surface area (Å²) in [5.41, 5.74) is 5.15. The van der Waals surface area contributed by atoms with E-state index >= 15 is 0 Å². The molecule has 1 aliphatic rings. The SMILES string of the molecule is Cc1cc(C)cc(Cc2nc(=S)cc(C3CC3)[nH]2)c1. The second-order valence-corrected chi connectivity index (χ2v) is 5.99. The molecule has 0 unspecified atom stereocenters. The highest BCUT2D eigenvalue weighted by Gasteiger charge is 2.24. The molecule has 2 nitrogen and oxygen atoms in total. The lowest BCUT2D eigenvalue weighted by Gasteiger charge is -2.07. The lowest BCUT2D eigenvalue weighted by molar-refractivity contribution is 0.892. The van der Waals surface area contributed by atoms with Crippen molar-refractivity contribution in [3.8, 4) is 0 Å². The number of hydrogen-bond donors (Lipinski definition) is 1. The monoisotopic (exact) mass is 270 g/mol. The van der Waals surface area contributed by atoms with Crippen LogP contribution in [0.5, 0.6) is 0 Å². The van der Waals surface area contributed by atoms with Crippen LogP contribution in [0, 0.1) is 18.5 Å². The summed E-state index contributed by atoms with van der Waals surface area (Å²) < 4.78 is 0.708. The number of nitrogens with one attached hydrogen (secondary N) is 1. The van der Waals surface area contributed by atoms with Gasteiger partial charge in [-0.05, 0) is 44.2 Å². The first-order chi connectivity index (χ1) is 9.10. The van der Waals surface area contributed by atoms with Gasteiger partial charge >= 0.3 is 0 Å². The minimum Gasteiger partial charge on any atom is -0.347 e. The summed E-state index contributed by atoms with van der Waals surface area (Å²) in [4.78, 5) is 7.91. The maximum absolute atomic E-state index is 5.27. The molecule has 1 heterocycles. The maximum Gasteiger partial charge on any atom is 0.130 e. The van der Waals surface area contributed by atoms with Crippen molar-refractivity contribution in [2.45, 2.75) is 39.0 Å². The summed E-state index contributed by atoms with van der Waals surface area (Å²) in [6, 6.07) is 8.64. The molecule has 3 rings (SSSR count). The van der Waals surface area contributed by atoms with Gasteiger partial charge in [0.15, 0.2) is 0 Å². The Labute approximate surface area is 118 Å². The third-order valence-electron chi connectivity index (χ3n) is 3.48. The Kier molecular flexibility index (Phi) is 3.23. The zero-order valence-electron chi connectivity index (χ0n) is 11.4. The third kappa shape index (κ3) is 3.10. The van der Waals surface area contributed by atoms with Crippen molar-refractivity contribution in [1.82, 2.24) is 9.97 Å². The van der Waals surface area contributed by atoms with E-state index < -0.39 is 0 Å². The molecule has 0 spiro atoms. The lowest BCUT2D eigenvalue weighted by Crippen LogP contribution is -2.00. The second kappa shape index (κ2) is 4.89. The Morgan fingerprint density at radius 3 is 2.47 bits per heavy atom. The van der Waals surface area contributed by atoms with Gasteiger partial charge in [-0.25, -0.2) is 4.98 Å². The van der Waals surface area contributed by atoms with Crippen molar-refractivity contribution in [2.24, 2.45) is 0 Å². The van der Waals surface area contributed by atoms with E-state index in [1.807, 2.05) is 6.07 Å². The van der Waals surface area contributed by atoms with E-state index in [-0.39, 0.29) is 0 Å². The van der Waals surface area contributed by atoms with Gasteiger partial charge in [0.25, 0.3) is 0 Å². The highest BCUT2D eigenvalue weighted by molar-refractivity contribution is 7.71. The molecule has 1 saturated carbocycles. The summed E-state index contributed by atoms with van der Waals surface area (Å²) in [5, 5.41) is 0. The number of nitrogens with zero attached hydrogens (tertiary/aromatic N) is 1. The van der Waals surface area contributed by atoms with Gasteiger partial charge < -0.3 is 4.98 Å². The van der Waals surface area contributed by atoms with Crippen LogP contribution in [-0.4, -0.2) is 9.97 Å². The van der Waals surface area contributed by atoms with Gasteiger partial charge in [0, 0.05) is 12.1 Å². The number of rotatable bonds is 3. The zero-order chi connectivity index (χ0) is 13.4. The van der Waals surface area contributed by atoms with Crippen molar-refractivity contribution in [3.63, 3.8) is 0 Å². The van der Waals surface area contributed by atoms with Crippen LogP contribution in [0.25, 0.3) is 0 Å². The van der Waals surface area contributed by atoms with Crippen LogP contribution in [0.4, 0.5) is 0 Å². The first-order valence-corrected chi connectivity index (χ1v) is 7.18. The average molecular weight is 270 g/mol. The first kappa shape index (κ1) is 12.5. The summed E-state index contributed by atoms with van der Waals surface area (Å²) in [6.45, 7) is 4.26. The molecule has 0 bridgehead atoms. The van der Waals surface area contributed by atoms with E-state index in [0.717, 1.165) is 12.2 Å². The summed E-state index contributed by atoms with van der Waals surface area (Å²) in [7, 11) is 0. The quantitative estimate of drug-likeness (QED) is 0.846. The van der Waals surface area contributed by atoms with Crippen molar-refractivity contribution in [1.29, 1.82) is 0 Å². The molecule has 98 valence electrons. The zero-order valence-corrected chi connectivity index (χ0v) is 12.2. The minimum absolute atomic E-state index is 0.683. The Morgan fingerprint density at radius 2 is 1.84 bits per heavy atom. The van der Waals surface area contributed by atoms with E-state index in [1.165, 1.54) is 35.2 Å². The fourth-order valence-electron chi connectivity index (χ4n) is 2.59. The standard InChI is InChI=1S/C16H18N2S/c1-10-5-11(2)7-12(6-10)8-15-17-14(13-3-4-13)9-16(19)18-15/h5-7,9,13H,3-4,8H2,1-2H3,(H,17,18,19). The fraction of sp³-hybridized carbons (Fsp3) is 0.375. The summed E-state index contributed by atoms with van der Waals surface area (Å²) in [5.74, 6) is 1.67. The van der Waals surface area contributed by atoms with E-state index in [4.69, 9.17) is 12.2 Å². The molecule has 0 atom stereocenters. The maximum atomic E-state index is 5.27. The molecule has 19 heavy (non-hydrogen) atoms. The average Bonchev–Trinajstić information content (AvgIpc) is 3.09. The number of H-pyrrole nitrogens is 1. The first-order valence-electron chi connectivity index (χ1n) is 6.77. The molecule has 3 heteroatoms. The highest BCUT2D eigenvalue weighted by Crippen LogP contribution is 2.38. The van der Waals surface area contributed by atoms with E-state index in [0.29, 0.717) is 10.6 Å². The number of aromatic nitrogens is 2. The van der Waals surface area contributed by atoms with Crippen LogP contribution in [-0.2, 0) is 6.42 Å². The predicted octanol–water partition coefficient (Wildman–Crippen LogP) is 4.22. The van der Waals surface area contributed by atoms with Crippen LogP contribution >= 0.6 is 12.2 Å². The van der Waals surface area contributed by atoms with Gasteiger partial charge in [-0.2, -0.15) is 0 Å². The van der Waals surface area contributed by atoms with Gasteiger partial charge in [0.05, 0.1) is 0 Å². The van der Waals surface area contributed by atoms with Gasteiger partial charge in [-0.3, -0.25) is 0 Å². The Balaban J connectivity index is 1.91. The fourth-order valence-corrected chi connectivity index (χ4v) is 2.83. The molecule has 1 aromatic heterocycles. The molecular formula is C16H18N2S. The minimum atomic E-state index is 0.683. The summed E-state index contributed by atoms with van der Waals surface area (Å²) >= 11 is 5.27. The number of aromatic amines is 1. The van der Waals surface area contributed by atoms with Gasteiger partial charge in [0.1, 0.15) is 10.5 Å². The van der Waals surface area contributed by atoms with Crippen molar-refractivity contribution >= 4 is 12.2 Å². The Morgan fingerprint density at radius 1 is 1.16 bits per heavy atom. The molecule has 1 aromatic carbocycles. The normalized spacial score (nSPS) is 14.6. The predicted molar refractivity (Wildman–Crippen MR) is 80.1 cm³/mol. The topological polar surface area (TPSA) is 28.7 Å². The molecule has 1 fully saturated rings. The molecule has 1 aliphatic carbocycles. The molecular weight excluding hydrogens is 252 g/mol. The molecule has 1 N–H and O–H groups in total. The second-order valence-electron chi connectivity index (χ2n) is 5.57. The van der Waals surface area contributed by atoms with Crippen molar-refractivity contribution < 1.29 is 0 Å². The Hall–Kier alpha value is -1.48. The number of hydrogen-bond acceptors (Lipinski definition) is 2. The van der Waals surface area contributed by atoms with Crippen molar-refractivity contribution in [2.75, 3.05) is 0 Å².